The predicted molar refractivity (Wildman–Crippen MR) is 76.2 cm³/mol. The summed E-state index contributed by atoms with van der Waals surface area (Å²) in [7, 11) is 0. The zero-order valence-electron chi connectivity index (χ0n) is 10.0. The van der Waals surface area contributed by atoms with Crippen molar-refractivity contribution in [3.05, 3.63) is 75.3 Å². The topological polar surface area (TPSA) is 17.1 Å². The SMILES string of the molecule is O=C(/C=C/c1ccc(Cl)cc1Cl)c1c(F)cccc1F. The van der Waals surface area contributed by atoms with E-state index in [9.17, 15) is 13.6 Å². The second-order valence-corrected chi connectivity index (χ2v) is 4.80. The van der Waals surface area contributed by atoms with E-state index >= 15 is 0 Å². The highest BCUT2D eigenvalue weighted by atomic mass is 35.5. The summed E-state index contributed by atoms with van der Waals surface area (Å²) in [6.45, 7) is 0. The summed E-state index contributed by atoms with van der Waals surface area (Å²) in [5, 5.41) is 0.800. The Labute approximate surface area is 124 Å². The Morgan fingerprint density at radius 1 is 1.05 bits per heavy atom. The number of carbonyl (C=O) groups is 1. The number of hydrogen-bond donors (Lipinski definition) is 0. The first-order valence-electron chi connectivity index (χ1n) is 5.60. The molecule has 0 aromatic heterocycles. The van der Waals surface area contributed by atoms with Gasteiger partial charge in [0.25, 0.3) is 0 Å². The van der Waals surface area contributed by atoms with E-state index in [0.717, 1.165) is 18.2 Å². The molecular weight excluding hydrogens is 305 g/mol. The Hall–Kier alpha value is -1.71. The van der Waals surface area contributed by atoms with Crippen molar-refractivity contribution in [2.24, 2.45) is 0 Å². The zero-order chi connectivity index (χ0) is 14.7. The second kappa shape index (κ2) is 6.16. The molecule has 2 aromatic rings. The van der Waals surface area contributed by atoms with E-state index in [4.69, 9.17) is 23.2 Å². The first kappa shape index (κ1) is 14.7. The number of hydrogen-bond acceptors (Lipinski definition) is 1. The molecule has 0 unspecified atom stereocenters. The molecule has 0 spiro atoms. The lowest BCUT2D eigenvalue weighted by molar-refractivity contribution is 0.104. The minimum atomic E-state index is -0.901. The van der Waals surface area contributed by atoms with E-state index < -0.39 is 23.0 Å². The summed E-state index contributed by atoms with van der Waals surface area (Å²) in [4.78, 5) is 11.8. The van der Waals surface area contributed by atoms with Gasteiger partial charge in [-0.1, -0.05) is 35.3 Å². The summed E-state index contributed by atoms with van der Waals surface area (Å²) in [5.41, 5.74) is -0.0602. The molecule has 0 aliphatic carbocycles. The van der Waals surface area contributed by atoms with Gasteiger partial charge < -0.3 is 0 Å². The molecule has 0 fully saturated rings. The van der Waals surface area contributed by atoms with Gasteiger partial charge in [-0.05, 0) is 42.0 Å². The lowest BCUT2D eigenvalue weighted by atomic mass is 10.1. The van der Waals surface area contributed by atoms with Crippen LogP contribution in [0.15, 0.2) is 42.5 Å². The van der Waals surface area contributed by atoms with Gasteiger partial charge in [0.15, 0.2) is 5.78 Å². The summed E-state index contributed by atoms with van der Waals surface area (Å²) < 4.78 is 26.8. The number of rotatable bonds is 3. The molecule has 2 aromatic carbocycles. The van der Waals surface area contributed by atoms with E-state index in [0.29, 0.717) is 15.6 Å². The molecule has 102 valence electrons. The number of carbonyl (C=O) groups excluding carboxylic acids is 1. The third kappa shape index (κ3) is 3.24. The molecule has 0 aliphatic heterocycles. The fourth-order valence-corrected chi connectivity index (χ4v) is 2.09. The highest BCUT2D eigenvalue weighted by Gasteiger charge is 2.14. The third-order valence-electron chi connectivity index (χ3n) is 2.59. The first-order valence-corrected chi connectivity index (χ1v) is 6.36. The normalized spacial score (nSPS) is 11.0. The number of ketones is 1. The van der Waals surface area contributed by atoms with Crippen LogP contribution in [0.3, 0.4) is 0 Å². The fourth-order valence-electron chi connectivity index (χ4n) is 1.62. The van der Waals surface area contributed by atoms with E-state index in [1.54, 1.807) is 12.1 Å². The first-order chi connectivity index (χ1) is 9.49. The van der Waals surface area contributed by atoms with Gasteiger partial charge in [0.1, 0.15) is 11.6 Å². The minimum absolute atomic E-state index is 0.343. The maximum Gasteiger partial charge on any atom is 0.191 e. The summed E-state index contributed by atoms with van der Waals surface area (Å²) in [6, 6.07) is 7.96. The van der Waals surface area contributed by atoms with Crippen molar-refractivity contribution in [1.82, 2.24) is 0 Å². The average Bonchev–Trinajstić information content (AvgIpc) is 2.37. The standard InChI is InChI=1S/C15H8Cl2F2O/c16-10-6-4-9(11(17)8-10)5-7-14(20)15-12(18)2-1-3-13(15)19/h1-8H/b7-5+. The van der Waals surface area contributed by atoms with Crippen molar-refractivity contribution in [2.75, 3.05) is 0 Å². The van der Waals surface area contributed by atoms with Crippen LogP contribution < -0.4 is 0 Å². The van der Waals surface area contributed by atoms with Gasteiger partial charge in [-0.2, -0.15) is 0 Å². The Kier molecular flexibility index (Phi) is 4.53. The van der Waals surface area contributed by atoms with Crippen LogP contribution in [0.1, 0.15) is 15.9 Å². The summed E-state index contributed by atoms with van der Waals surface area (Å²) in [5.74, 6) is -2.57. The van der Waals surface area contributed by atoms with Crippen LogP contribution in [0.25, 0.3) is 6.08 Å². The van der Waals surface area contributed by atoms with Crippen molar-refractivity contribution in [1.29, 1.82) is 0 Å². The molecule has 0 aliphatic rings. The summed E-state index contributed by atoms with van der Waals surface area (Å²) >= 11 is 11.7. The van der Waals surface area contributed by atoms with Crippen LogP contribution in [-0.2, 0) is 0 Å². The molecule has 0 saturated carbocycles. The third-order valence-corrected chi connectivity index (χ3v) is 3.15. The monoisotopic (exact) mass is 312 g/mol. The van der Waals surface area contributed by atoms with Crippen LogP contribution in [0.5, 0.6) is 0 Å². The van der Waals surface area contributed by atoms with Gasteiger partial charge in [-0.15, -0.1) is 0 Å². The predicted octanol–water partition coefficient (Wildman–Crippen LogP) is 5.17. The van der Waals surface area contributed by atoms with E-state index in [-0.39, 0.29) is 0 Å². The molecule has 1 nitrogen and oxygen atoms in total. The van der Waals surface area contributed by atoms with Crippen LogP contribution in [0.4, 0.5) is 8.78 Å². The maximum absolute atomic E-state index is 13.4. The van der Waals surface area contributed by atoms with Crippen LogP contribution in [-0.4, -0.2) is 5.78 Å². The molecule has 0 amide bonds. The molecule has 20 heavy (non-hydrogen) atoms. The van der Waals surface area contributed by atoms with Crippen molar-refractivity contribution in [3.63, 3.8) is 0 Å². The Bertz CT molecular complexity index is 676. The van der Waals surface area contributed by atoms with Crippen molar-refractivity contribution in [3.8, 4) is 0 Å². The summed E-state index contributed by atoms with van der Waals surface area (Å²) in [6.07, 6.45) is 2.45. The van der Waals surface area contributed by atoms with Crippen LogP contribution >= 0.6 is 23.2 Å². The molecule has 0 N–H and O–H groups in total. The Morgan fingerprint density at radius 2 is 1.70 bits per heavy atom. The maximum atomic E-state index is 13.4. The fraction of sp³-hybridized carbons (Fsp3) is 0. The van der Waals surface area contributed by atoms with E-state index in [1.807, 2.05) is 0 Å². The molecule has 0 heterocycles. The Morgan fingerprint density at radius 3 is 2.30 bits per heavy atom. The van der Waals surface area contributed by atoms with Gasteiger partial charge >= 0.3 is 0 Å². The molecule has 0 saturated heterocycles. The number of benzene rings is 2. The van der Waals surface area contributed by atoms with Crippen LogP contribution in [0.2, 0.25) is 10.0 Å². The van der Waals surface area contributed by atoms with Crippen molar-refractivity contribution < 1.29 is 13.6 Å². The Balaban J connectivity index is 2.30. The molecule has 2 rings (SSSR count). The van der Waals surface area contributed by atoms with E-state index in [1.165, 1.54) is 18.2 Å². The molecule has 0 atom stereocenters. The largest absolute Gasteiger partial charge is 0.289 e. The highest BCUT2D eigenvalue weighted by molar-refractivity contribution is 6.35. The second-order valence-electron chi connectivity index (χ2n) is 3.96. The highest BCUT2D eigenvalue weighted by Crippen LogP contribution is 2.22. The van der Waals surface area contributed by atoms with Crippen LogP contribution in [0, 0.1) is 11.6 Å². The van der Waals surface area contributed by atoms with Gasteiger partial charge in [-0.3, -0.25) is 4.79 Å². The van der Waals surface area contributed by atoms with Crippen molar-refractivity contribution in [2.45, 2.75) is 0 Å². The molecule has 0 bridgehead atoms. The molecule has 5 heteroatoms. The molecule has 0 radical (unpaired) electrons. The number of allylic oxidation sites excluding steroid dienone is 1. The van der Waals surface area contributed by atoms with Gasteiger partial charge in [0.2, 0.25) is 0 Å². The van der Waals surface area contributed by atoms with Gasteiger partial charge in [0.05, 0.1) is 5.56 Å². The lowest BCUT2D eigenvalue weighted by Crippen LogP contribution is -2.02. The number of halogens is 4. The average molecular weight is 313 g/mol. The minimum Gasteiger partial charge on any atom is -0.289 e. The molecular formula is C15H8Cl2F2O. The van der Waals surface area contributed by atoms with Gasteiger partial charge in [-0.25, -0.2) is 8.78 Å². The van der Waals surface area contributed by atoms with E-state index in [2.05, 4.69) is 0 Å². The van der Waals surface area contributed by atoms with Crippen molar-refractivity contribution >= 4 is 35.1 Å². The zero-order valence-corrected chi connectivity index (χ0v) is 11.6. The van der Waals surface area contributed by atoms with Gasteiger partial charge in [0, 0.05) is 10.0 Å². The smallest absolute Gasteiger partial charge is 0.191 e. The quantitative estimate of drug-likeness (QED) is 0.564. The lowest BCUT2D eigenvalue weighted by Gasteiger charge is -2.01.